The minimum atomic E-state index is -0.597. The van der Waals surface area contributed by atoms with E-state index in [2.05, 4.69) is 5.32 Å². The largest absolute Gasteiger partial charge is 0.444 e. The molecular weight excluding hydrogens is 262 g/mol. The lowest BCUT2D eigenvalue weighted by atomic mass is 10.2. The van der Waals surface area contributed by atoms with Gasteiger partial charge in [-0.3, -0.25) is 4.79 Å². The third-order valence-electron chi connectivity index (χ3n) is 2.05. The minimum Gasteiger partial charge on any atom is -0.444 e. The van der Waals surface area contributed by atoms with Gasteiger partial charge in [0.1, 0.15) is 5.60 Å². The van der Waals surface area contributed by atoms with Crippen molar-refractivity contribution in [3.05, 3.63) is 30.3 Å². The molecule has 104 valence electrons. The van der Waals surface area contributed by atoms with Crippen LogP contribution in [0.5, 0.6) is 0 Å². The van der Waals surface area contributed by atoms with E-state index in [-0.39, 0.29) is 5.12 Å². The number of carbonyl (C=O) groups excluding carboxylic acids is 2. The van der Waals surface area contributed by atoms with Crippen LogP contribution < -0.4 is 5.32 Å². The van der Waals surface area contributed by atoms with Crippen LogP contribution in [0.3, 0.4) is 0 Å². The van der Waals surface area contributed by atoms with Crippen molar-refractivity contribution in [2.75, 3.05) is 0 Å². The number of rotatable bonds is 3. The van der Waals surface area contributed by atoms with E-state index in [0.717, 1.165) is 16.7 Å². The number of thioether (sulfide) groups is 1. The molecule has 0 aliphatic carbocycles. The zero-order chi connectivity index (χ0) is 14.5. The fourth-order valence-corrected chi connectivity index (χ4v) is 2.00. The van der Waals surface area contributed by atoms with E-state index >= 15 is 0 Å². The molecule has 0 heterocycles. The highest BCUT2D eigenvalue weighted by molar-refractivity contribution is 8.13. The van der Waals surface area contributed by atoms with Crippen LogP contribution in [0.4, 0.5) is 4.79 Å². The summed E-state index contributed by atoms with van der Waals surface area (Å²) in [7, 11) is 0. The molecule has 4 nitrogen and oxygen atoms in total. The Morgan fingerprint density at radius 1 is 1.21 bits per heavy atom. The first-order chi connectivity index (χ1) is 8.78. The van der Waals surface area contributed by atoms with Crippen molar-refractivity contribution in [2.45, 2.75) is 44.2 Å². The molecule has 0 unspecified atom stereocenters. The highest BCUT2D eigenvalue weighted by Gasteiger charge is 2.21. The molecule has 0 aliphatic rings. The normalized spacial score (nSPS) is 12.6. The predicted molar refractivity (Wildman–Crippen MR) is 76.1 cm³/mol. The van der Waals surface area contributed by atoms with Gasteiger partial charge in [0.2, 0.25) is 5.12 Å². The predicted octanol–water partition coefficient (Wildman–Crippen LogP) is 3.22. The van der Waals surface area contributed by atoms with Gasteiger partial charge in [0.25, 0.3) is 0 Å². The van der Waals surface area contributed by atoms with Gasteiger partial charge in [0, 0.05) is 4.90 Å². The quantitative estimate of drug-likeness (QED) is 0.864. The van der Waals surface area contributed by atoms with Crippen LogP contribution in [0.25, 0.3) is 0 Å². The Balaban J connectivity index is 2.47. The summed E-state index contributed by atoms with van der Waals surface area (Å²) < 4.78 is 5.10. The van der Waals surface area contributed by atoms with Crippen molar-refractivity contribution in [3.8, 4) is 0 Å². The van der Waals surface area contributed by atoms with Crippen LogP contribution in [0, 0.1) is 0 Å². The fourth-order valence-electron chi connectivity index (χ4n) is 1.24. The number of hydrogen-bond acceptors (Lipinski definition) is 4. The van der Waals surface area contributed by atoms with E-state index in [1.807, 2.05) is 30.3 Å². The lowest BCUT2D eigenvalue weighted by Gasteiger charge is -2.21. The molecule has 0 fully saturated rings. The topological polar surface area (TPSA) is 55.4 Å². The van der Waals surface area contributed by atoms with Gasteiger partial charge in [-0.2, -0.15) is 0 Å². The maximum absolute atomic E-state index is 11.9. The molecule has 0 saturated carbocycles. The molecule has 1 atom stereocenters. The highest BCUT2D eigenvalue weighted by atomic mass is 32.2. The molecule has 0 spiro atoms. The van der Waals surface area contributed by atoms with Crippen molar-refractivity contribution in [1.82, 2.24) is 5.32 Å². The molecule has 1 rings (SSSR count). The molecule has 19 heavy (non-hydrogen) atoms. The molecule has 1 aromatic rings. The van der Waals surface area contributed by atoms with Crippen molar-refractivity contribution in [2.24, 2.45) is 0 Å². The first kappa shape index (κ1) is 15.6. The minimum absolute atomic E-state index is 0.128. The SMILES string of the molecule is C[C@H](NC(=O)OC(C)(C)C)C(=O)Sc1ccccc1. The zero-order valence-corrected chi connectivity index (χ0v) is 12.4. The Morgan fingerprint density at radius 3 is 2.32 bits per heavy atom. The Morgan fingerprint density at radius 2 is 1.79 bits per heavy atom. The van der Waals surface area contributed by atoms with Gasteiger partial charge in [-0.15, -0.1) is 0 Å². The van der Waals surface area contributed by atoms with Gasteiger partial charge in [0.05, 0.1) is 6.04 Å². The third-order valence-corrected chi connectivity index (χ3v) is 3.11. The second kappa shape index (κ2) is 6.61. The van der Waals surface area contributed by atoms with E-state index in [0.29, 0.717) is 0 Å². The van der Waals surface area contributed by atoms with Crippen LogP contribution in [0.15, 0.2) is 35.2 Å². The molecule has 1 aromatic carbocycles. The summed E-state index contributed by atoms with van der Waals surface area (Å²) in [6, 6.07) is 8.71. The Hall–Kier alpha value is -1.49. The van der Waals surface area contributed by atoms with Gasteiger partial charge in [0.15, 0.2) is 0 Å². The maximum Gasteiger partial charge on any atom is 0.408 e. The molecule has 1 N–H and O–H groups in total. The number of carbonyl (C=O) groups is 2. The average molecular weight is 281 g/mol. The summed E-state index contributed by atoms with van der Waals surface area (Å²) in [5, 5.41) is 2.40. The van der Waals surface area contributed by atoms with Gasteiger partial charge in [-0.05, 0) is 51.6 Å². The van der Waals surface area contributed by atoms with Crippen molar-refractivity contribution in [1.29, 1.82) is 0 Å². The second-order valence-electron chi connectivity index (χ2n) is 5.10. The smallest absolute Gasteiger partial charge is 0.408 e. The van der Waals surface area contributed by atoms with Crippen molar-refractivity contribution >= 4 is 23.0 Å². The number of alkyl carbamates (subject to hydrolysis) is 1. The van der Waals surface area contributed by atoms with E-state index < -0.39 is 17.7 Å². The van der Waals surface area contributed by atoms with Gasteiger partial charge >= 0.3 is 6.09 Å². The monoisotopic (exact) mass is 281 g/mol. The summed E-state index contributed by atoms with van der Waals surface area (Å²) in [4.78, 5) is 24.3. The number of hydrogen-bond donors (Lipinski definition) is 1. The zero-order valence-electron chi connectivity index (χ0n) is 11.6. The van der Waals surface area contributed by atoms with E-state index in [1.54, 1.807) is 27.7 Å². The lowest BCUT2D eigenvalue weighted by molar-refractivity contribution is -0.112. The van der Waals surface area contributed by atoms with Crippen LogP contribution in [-0.4, -0.2) is 22.9 Å². The lowest BCUT2D eigenvalue weighted by Crippen LogP contribution is -2.40. The van der Waals surface area contributed by atoms with Crippen molar-refractivity contribution < 1.29 is 14.3 Å². The van der Waals surface area contributed by atoms with Gasteiger partial charge < -0.3 is 10.1 Å². The maximum atomic E-state index is 11.9. The van der Waals surface area contributed by atoms with E-state index in [9.17, 15) is 9.59 Å². The number of nitrogens with one attached hydrogen (secondary N) is 1. The molecule has 5 heteroatoms. The van der Waals surface area contributed by atoms with Crippen LogP contribution in [-0.2, 0) is 9.53 Å². The summed E-state index contributed by atoms with van der Waals surface area (Å²) in [5.41, 5.74) is -0.570. The standard InChI is InChI=1S/C14H19NO3S/c1-10(15-13(17)18-14(2,3)4)12(16)19-11-8-6-5-7-9-11/h5-10H,1-4H3,(H,15,17)/t10-/m0/s1. The van der Waals surface area contributed by atoms with E-state index in [4.69, 9.17) is 4.74 Å². The summed E-state index contributed by atoms with van der Waals surface area (Å²) in [6.45, 7) is 6.97. The summed E-state index contributed by atoms with van der Waals surface area (Å²) in [6.07, 6.45) is -0.581. The Labute approximate surface area is 117 Å². The van der Waals surface area contributed by atoms with Gasteiger partial charge in [-0.1, -0.05) is 18.2 Å². The Bertz CT molecular complexity index is 440. The Kier molecular flexibility index (Phi) is 5.42. The summed E-state index contributed by atoms with van der Waals surface area (Å²) in [5.74, 6) is 0. The number of ether oxygens (including phenoxy) is 1. The first-order valence-corrected chi connectivity index (χ1v) is 6.86. The molecule has 0 aromatic heterocycles. The number of amides is 1. The van der Waals surface area contributed by atoms with Crippen LogP contribution >= 0.6 is 11.8 Å². The molecule has 0 radical (unpaired) electrons. The van der Waals surface area contributed by atoms with E-state index in [1.165, 1.54) is 0 Å². The van der Waals surface area contributed by atoms with Crippen molar-refractivity contribution in [3.63, 3.8) is 0 Å². The second-order valence-corrected chi connectivity index (χ2v) is 6.18. The summed E-state index contributed by atoms with van der Waals surface area (Å²) >= 11 is 1.10. The van der Waals surface area contributed by atoms with Gasteiger partial charge in [-0.25, -0.2) is 4.79 Å². The van der Waals surface area contributed by atoms with Crippen LogP contribution in [0.2, 0.25) is 0 Å². The molecule has 0 aliphatic heterocycles. The fraction of sp³-hybridized carbons (Fsp3) is 0.429. The molecular formula is C14H19NO3S. The number of benzene rings is 1. The average Bonchev–Trinajstić information content (AvgIpc) is 2.27. The highest BCUT2D eigenvalue weighted by Crippen LogP contribution is 2.19. The third kappa shape index (κ3) is 6.29. The van der Waals surface area contributed by atoms with Crippen LogP contribution in [0.1, 0.15) is 27.7 Å². The molecule has 0 saturated heterocycles. The molecule has 1 amide bonds. The first-order valence-electron chi connectivity index (χ1n) is 6.04. The molecule has 0 bridgehead atoms.